The zero-order chi connectivity index (χ0) is 13.0. The van der Waals surface area contributed by atoms with E-state index in [2.05, 4.69) is 14.5 Å². The molecule has 0 amide bonds. The van der Waals surface area contributed by atoms with Crippen molar-refractivity contribution in [2.45, 2.75) is 19.0 Å². The molecular weight excluding hydrogens is 262 g/mol. The lowest BCUT2D eigenvalue weighted by molar-refractivity contribution is -0.00865. The molecule has 0 spiro atoms. The molecule has 0 radical (unpaired) electrons. The Morgan fingerprint density at radius 2 is 1.74 bits per heavy atom. The van der Waals surface area contributed by atoms with Crippen LogP contribution in [0.2, 0.25) is 6.04 Å². The summed E-state index contributed by atoms with van der Waals surface area (Å²) in [7, 11) is -2.42. The standard InChI is InChI=1S/C12H21N3O3Si/c1(3-15-4-2-13-12-15)11-19-16-8-5-14(6-9-17-19)7-10-18-19/h2,4,12H,1,3,5-11H2. The number of aromatic nitrogens is 2. The first-order valence-corrected chi connectivity index (χ1v) is 8.89. The van der Waals surface area contributed by atoms with Gasteiger partial charge in [0.25, 0.3) is 0 Å². The van der Waals surface area contributed by atoms with Crippen LogP contribution >= 0.6 is 0 Å². The second-order valence-corrected chi connectivity index (χ2v) is 7.71. The Morgan fingerprint density at radius 3 is 2.32 bits per heavy atom. The molecular formula is C12H21N3O3Si. The van der Waals surface area contributed by atoms with Crippen molar-refractivity contribution in [2.75, 3.05) is 39.5 Å². The van der Waals surface area contributed by atoms with E-state index in [4.69, 9.17) is 13.3 Å². The normalized spacial score (nSPS) is 31.7. The van der Waals surface area contributed by atoms with E-state index in [9.17, 15) is 0 Å². The summed E-state index contributed by atoms with van der Waals surface area (Å²) in [5.41, 5.74) is 0. The van der Waals surface area contributed by atoms with E-state index in [1.54, 1.807) is 6.20 Å². The highest BCUT2D eigenvalue weighted by molar-refractivity contribution is 6.60. The Labute approximate surface area is 114 Å². The lowest BCUT2D eigenvalue weighted by Crippen LogP contribution is -2.55. The van der Waals surface area contributed by atoms with Crippen molar-refractivity contribution >= 4 is 8.80 Å². The molecule has 7 heteroatoms. The molecule has 3 aliphatic rings. The topological polar surface area (TPSA) is 48.8 Å². The third-order valence-electron chi connectivity index (χ3n) is 3.65. The van der Waals surface area contributed by atoms with Gasteiger partial charge < -0.3 is 17.8 Å². The number of aryl methyl sites for hydroxylation is 1. The highest BCUT2D eigenvalue weighted by atomic mass is 28.4. The number of nitrogens with zero attached hydrogens (tertiary/aromatic N) is 3. The molecule has 1 aromatic rings. The molecule has 0 atom stereocenters. The highest BCUT2D eigenvalue weighted by Crippen LogP contribution is 2.22. The van der Waals surface area contributed by atoms with Gasteiger partial charge in [0.05, 0.1) is 26.1 Å². The summed E-state index contributed by atoms with van der Waals surface area (Å²) < 4.78 is 20.0. The van der Waals surface area contributed by atoms with E-state index in [1.807, 2.05) is 12.5 Å². The fraction of sp³-hybridized carbons (Fsp3) is 0.750. The minimum absolute atomic E-state index is 0.733. The zero-order valence-corrected chi connectivity index (χ0v) is 12.2. The zero-order valence-electron chi connectivity index (χ0n) is 11.2. The smallest absolute Gasteiger partial charge is 0.372 e. The summed E-state index contributed by atoms with van der Waals surface area (Å²) in [6.45, 7) is 6.15. The first-order valence-electron chi connectivity index (χ1n) is 6.96. The predicted octanol–water partition coefficient (Wildman–Crippen LogP) is 0.591. The Morgan fingerprint density at radius 1 is 1.05 bits per heavy atom. The number of hydrogen-bond acceptors (Lipinski definition) is 5. The van der Waals surface area contributed by atoms with Crippen LogP contribution in [0.5, 0.6) is 0 Å². The molecule has 106 valence electrons. The fourth-order valence-electron chi connectivity index (χ4n) is 2.56. The van der Waals surface area contributed by atoms with Gasteiger partial charge in [-0.1, -0.05) is 0 Å². The van der Waals surface area contributed by atoms with Crippen molar-refractivity contribution in [2.24, 2.45) is 0 Å². The molecule has 0 N–H and O–H groups in total. The molecule has 1 aromatic heterocycles. The first kappa shape index (κ1) is 13.3. The van der Waals surface area contributed by atoms with Gasteiger partial charge in [-0.15, -0.1) is 0 Å². The minimum atomic E-state index is -2.42. The largest absolute Gasteiger partial charge is 0.501 e. The molecule has 4 rings (SSSR count). The molecule has 2 bridgehead atoms. The van der Waals surface area contributed by atoms with E-state index in [0.29, 0.717) is 0 Å². The summed E-state index contributed by atoms with van der Waals surface area (Å²) in [5.74, 6) is 0. The second-order valence-electron chi connectivity index (χ2n) is 4.97. The Hall–Kier alpha value is -0.733. The van der Waals surface area contributed by atoms with Crippen molar-refractivity contribution in [1.82, 2.24) is 14.5 Å². The van der Waals surface area contributed by atoms with Gasteiger partial charge in [-0.25, -0.2) is 4.98 Å². The molecule has 3 fully saturated rings. The maximum atomic E-state index is 5.99. The molecule has 0 aromatic carbocycles. The van der Waals surface area contributed by atoms with Crippen LogP contribution in [0.3, 0.4) is 0 Å². The van der Waals surface area contributed by atoms with Crippen molar-refractivity contribution in [3.8, 4) is 0 Å². The van der Waals surface area contributed by atoms with E-state index in [-0.39, 0.29) is 0 Å². The van der Waals surface area contributed by atoms with Gasteiger partial charge in [0, 0.05) is 44.6 Å². The molecule has 6 nitrogen and oxygen atoms in total. The lowest BCUT2D eigenvalue weighted by atomic mass is 10.4. The summed E-state index contributed by atoms with van der Waals surface area (Å²) >= 11 is 0. The van der Waals surface area contributed by atoms with E-state index < -0.39 is 8.80 Å². The molecule has 3 aliphatic heterocycles. The van der Waals surface area contributed by atoms with E-state index in [1.165, 1.54) is 0 Å². The third kappa shape index (κ3) is 3.43. The minimum Gasteiger partial charge on any atom is -0.372 e. The van der Waals surface area contributed by atoms with Crippen LogP contribution < -0.4 is 0 Å². The van der Waals surface area contributed by atoms with Crippen molar-refractivity contribution in [3.05, 3.63) is 18.7 Å². The number of hydrogen-bond donors (Lipinski definition) is 0. The van der Waals surface area contributed by atoms with Gasteiger partial charge in [-0.3, -0.25) is 4.90 Å². The lowest BCUT2D eigenvalue weighted by Gasteiger charge is -2.38. The van der Waals surface area contributed by atoms with Crippen LogP contribution in [0.25, 0.3) is 0 Å². The van der Waals surface area contributed by atoms with Gasteiger partial charge in [-0.05, 0) is 6.42 Å². The average Bonchev–Trinajstić information content (AvgIpc) is 2.82. The number of imidazole rings is 1. The highest BCUT2D eigenvalue weighted by Gasteiger charge is 2.43. The van der Waals surface area contributed by atoms with Gasteiger partial charge >= 0.3 is 8.80 Å². The Kier molecular flexibility index (Phi) is 4.29. The SMILES string of the molecule is c1cn(CCC[Si]23OCCN(CCO2)CCO3)cn1. The van der Waals surface area contributed by atoms with Gasteiger partial charge in [0.1, 0.15) is 0 Å². The maximum Gasteiger partial charge on any atom is 0.501 e. The first-order chi connectivity index (χ1) is 9.36. The van der Waals surface area contributed by atoms with E-state index >= 15 is 0 Å². The molecule has 4 heterocycles. The Balaban J connectivity index is 1.56. The summed E-state index contributed by atoms with van der Waals surface area (Å²) in [6.07, 6.45) is 6.64. The molecule has 0 aliphatic carbocycles. The molecule has 0 unspecified atom stereocenters. The number of rotatable bonds is 4. The summed E-state index contributed by atoms with van der Waals surface area (Å²) in [6, 6.07) is 0.894. The maximum absolute atomic E-state index is 5.99. The quantitative estimate of drug-likeness (QED) is 0.757. The van der Waals surface area contributed by atoms with Crippen LogP contribution in [-0.2, 0) is 19.8 Å². The molecule has 19 heavy (non-hydrogen) atoms. The van der Waals surface area contributed by atoms with Crippen LogP contribution in [0.1, 0.15) is 6.42 Å². The van der Waals surface area contributed by atoms with Gasteiger partial charge in [0.15, 0.2) is 0 Å². The second kappa shape index (κ2) is 6.15. The predicted molar refractivity (Wildman–Crippen MR) is 71.7 cm³/mol. The van der Waals surface area contributed by atoms with Gasteiger partial charge in [-0.2, -0.15) is 0 Å². The average molecular weight is 283 g/mol. The Bertz CT molecular complexity index is 361. The van der Waals surface area contributed by atoms with Crippen molar-refractivity contribution < 1.29 is 13.3 Å². The third-order valence-corrected chi connectivity index (χ3v) is 6.54. The van der Waals surface area contributed by atoms with Crippen molar-refractivity contribution in [3.63, 3.8) is 0 Å². The summed E-state index contributed by atoms with van der Waals surface area (Å²) in [4.78, 5) is 6.39. The van der Waals surface area contributed by atoms with Crippen LogP contribution in [0.15, 0.2) is 18.7 Å². The van der Waals surface area contributed by atoms with Gasteiger partial charge in [0.2, 0.25) is 0 Å². The molecule has 3 saturated heterocycles. The van der Waals surface area contributed by atoms with Crippen LogP contribution in [0.4, 0.5) is 0 Å². The molecule has 0 saturated carbocycles. The van der Waals surface area contributed by atoms with Crippen LogP contribution in [0, 0.1) is 0 Å². The van der Waals surface area contributed by atoms with Crippen molar-refractivity contribution in [1.29, 1.82) is 0 Å². The fourth-order valence-corrected chi connectivity index (χ4v) is 5.05. The monoisotopic (exact) mass is 283 g/mol. The van der Waals surface area contributed by atoms with E-state index in [0.717, 1.165) is 58.5 Å². The number of fused-ring (bicyclic) bond motifs is 6. The van der Waals surface area contributed by atoms with Crippen LogP contribution in [-0.4, -0.2) is 62.7 Å². The summed E-state index contributed by atoms with van der Waals surface area (Å²) in [5, 5.41) is 0.